The summed E-state index contributed by atoms with van der Waals surface area (Å²) in [7, 11) is 0. The minimum Gasteiger partial charge on any atom is -0.394 e. The molecule has 4 nitrogen and oxygen atoms in total. The third kappa shape index (κ3) is 35.5. The number of nitrogens with one attached hydrogen (secondary N) is 1. The predicted molar refractivity (Wildman–Crippen MR) is 207 cm³/mol. The monoisotopic (exact) mass is 658 g/mol. The number of rotatable bonds is 36. The highest BCUT2D eigenvalue weighted by atomic mass is 16.3. The van der Waals surface area contributed by atoms with Gasteiger partial charge >= 0.3 is 0 Å². The van der Waals surface area contributed by atoms with Gasteiger partial charge in [0.25, 0.3) is 0 Å². The van der Waals surface area contributed by atoms with Crippen LogP contribution in [0, 0.1) is 0 Å². The first-order valence-electron chi connectivity index (χ1n) is 20.4. The number of unbranched alkanes of at least 4 members (excludes halogenated alkanes) is 23. The molecule has 0 aliphatic heterocycles. The molecule has 3 N–H and O–H groups in total. The first-order chi connectivity index (χ1) is 23.2. The third-order valence-electron chi connectivity index (χ3n) is 9.06. The number of hydrogen-bond acceptors (Lipinski definition) is 3. The van der Waals surface area contributed by atoms with Crippen molar-refractivity contribution in [1.82, 2.24) is 5.32 Å². The number of carbonyl (C=O) groups excluding carboxylic acids is 1. The van der Waals surface area contributed by atoms with Crippen LogP contribution in [0.4, 0.5) is 0 Å². The summed E-state index contributed by atoms with van der Waals surface area (Å²) in [6.07, 6.45) is 52.0. The first-order valence-corrected chi connectivity index (χ1v) is 20.4. The lowest BCUT2D eigenvalue weighted by Crippen LogP contribution is -2.45. The molecule has 0 saturated carbocycles. The molecule has 0 aliphatic carbocycles. The van der Waals surface area contributed by atoms with Crippen LogP contribution in [0.25, 0.3) is 0 Å². The highest BCUT2D eigenvalue weighted by molar-refractivity contribution is 5.76. The van der Waals surface area contributed by atoms with E-state index in [-0.39, 0.29) is 12.5 Å². The van der Waals surface area contributed by atoms with E-state index in [2.05, 4.69) is 55.6 Å². The van der Waals surface area contributed by atoms with Gasteiger partial charge in [0.15, 0.2) is 0 Å². The Morgan fingerprint density at radius 1 is 0.511 bits per heavy atom. The fourth-order valence-electron chi connectivity index (χ4n) is 5.89. The van der Waals surface area contributed by atoms with Crippen molar-refractivity contribution in [3.8, 4) is 0 Å². The molecule has 0 spiro atoms. The summed E-state index contributed by atoms with van der Waals surface area (Å²) in [6.45, 7) is 4.27. The molecule has 0 aromatic heterocycles. The van der Waals surface area contributed by atoms with E-state index < -0.39 is 12.1 Å². The van der Waals surface area contributed by atoms with Gasteiger partial charge in [0.1, 0.15) is 0 Å². The molecule has 274 valence electrons. The molecule has 2 unspecified atom stereocenters. The second-order valence-corrected chi connectivity index (χ2v) is 13.7. The summed E-state index contributed by atoms with van der Waals surface area (Å²) in [6, 6.07) is -0.629. The maximum atomic E-state index is 12.3. The second kappa shape index (κ2) is 38.8. The molecule has 0 saturated heterocycles. The van der Waals surface area contributed by atoms with E-state index in [0.29, 0.717) is 6.42 Å². The van der Waals surface area contributed by atoms with Crippen molar-refractivity contribution in [1.29, 1.82) is 0 Å². The molecule has 0 heterocycles. The molecular formula is C43H79NO3. The van der Waals surface area contributed by atoms with Gasteiger partial charge in [-0.1, -0.05) is 184 Å². The minimum atomic E-state index is -0.845. The molecule has 47 heavy (non-hydrogen) atoms. The van der Waals surface area contributed by atoms with Crippen molar-refractivity contribution in [3.05, 3.63) is 48.6 Å². The van der Waals surface area contributed by atoms with E-state index in [1.807, 2.05) is 6.08 Å². The van der Waals surface area contributed by atoms with Gasteiger partial charge in [0.05, 0.1) is 18.8 Å². The zero-order valence-corrected chi connectivity index (χ0v) is 31.3. The highest BCUT2D eigenvalue weighted by Gasteiger charge is 2.17. The molecule has 0 aromatic carbocycles. The van der Waals surface area contributed by atoms with E-state index in [9.17, 15) is 15.0 Å². The summed E-state index contributed by atoms with van der Waals surface area (Å²) in [5.41, 5.74) is 0. The maximum Gasteiger partial charge on any atom is 0.220 e. The third-order valence-corrected chi connectivity index (χ3v) is 9.06. The maximum absolute atomic E-state index is 12.3. The molecule has 0 bridgehead atoms. The number of allylic oxidation sites excluding steroid dienone is 7. The molecule has 0 radical (unpaired) electrons. The Hall–Kier alpha value is -1.65. The molecule has 0 rings (SSSR count). The molecule has 0 aromatic rings. The zero-order chi connectivity index (χ0) is 34.3. The predicted octanol–water partition coefficient (Wildman–Crippen LogP) is 12.4. The lowest BCUT2D eigenvalue weighted by molar-refractivity contribution is -0.123. The van der Waals surface area contributed by atoms with E-state index in [4.69, 9.17) is 0 Å². The lowest BCUT2D eigenvalue weighted by atomic mass is 10.0. The largest absolute Gasteiger partial charge is 0.394 e. The zero-order valence-electron chi connectivity index (χ0n) is 31.3. The van der Waals surface area contributed by atoms with Crippen LogP contribution in [0.1, 0.15) is 200 Å². The second-order valence-electron chi connectivity index (χ2n) is 13.7. The SMILES string of the molecule is CCCCC/C=C\C/C=C\C/C=C\CCCCCCCCC(=O)NC(CO)C(O)/C=C/CCCCCCCCCCCCCCCC. The van der Waals surface area contributed by atoms with Crippen molar-refractivity contribution in [2.75, 3.05) is 6.61 Å². The van der Waals surface area contributed by atoms with Crippen molar-refractivity contribution >= 4 is 5.91 Å². The van der Waals surface area contributed by atoms with Crippen molar-refractivity contribution in [2.24, 2.45) is 0 Å². The number of hydrogen-bond donors (Lipinski definition) is 3. The van der Waals surface area contributed by atoms with Gasteiger partial charge in [0, 0.05) is 6.42 Å². The van der Waals surface area contributed by atoms with Gasteiger partial charge < -0.3 is 15.5 Å². The summed E-state index contributed by atoms with van der Waals surface area (Å²) < 4.78 is 0. The quantitative estimate of drug-likeness (QED) is 0.0464. The minimum absolute atomic E-state index is 0.0781. The molecular weight excluding hydrogens is 578 g/mol. The smallest absolute Gasteiger partial charge is 0.220 e. The highest BCUT2D eigenvalue weighted by Crippen LogP contribution is 2.14. The number of aliphatic hydroxyl groups excluding tert-OH is 2. The van der Waals surface area contributed by atoms with Crippen LogP contribution in [-0.2, 0) is 4.79 Å². The summed E-state index contributed by atoms with van der Waals surface area (Å²) >= 11 is 0. The molecule has 2 atom stereocenters. The Labute approximate surface area is 293 Å². The number of carbonyl (C=O) groups is 1. The first kappa shape index (κ1) is 45.3. The van der Waals surface area contributed by atoms with Crippen LogP contribution in [0.3, 0.4) is 0 Å². The van der Waals surface area contributed by atoms with E-state index in [1.165, 1.54) is 128 Å². The Morgan fingerprint density at radius 2 is 0.872 bits per heavy atom. The fourth-order valence-corrected chi connectivity index (χ4v) is 5.89. The van der Waals surface area contributed by atoms with Crippen molar-refractivity contribution in [2.45, 2.75) is 212 Å². The lowest BCUT2D eigenvalue weighted by Gasteiger charge is -2.20. The fraction of sp³-hybridized carbons (Fsp3) is 0.791. The Balaban J connectivity index is 3.64. The normalized spacial score (nSPS) is 13.5. The van der Waals surface area contributed by atoms with Gasteiger partial charge in [0.2, 0.25) is 5.91 Å². The van der Waals surface area contributed by atoms with E-state index in [0.717, 1.165) is 51.4 Å². The molecule has 1 amide bonds. The van der Waals surface area contributed by atoms with Gasteiger partial charge in [-0.3, -0.25) is 4.79 Å². The van der Waals surface area contributed by atoms with Crippen LogP contribution >= 0.6 is 0 Å². The average molecular weight is 658 g/mol. The van der Waals surface area contributed by atoms with Gasteiger partial charge in [-0.25, -0.2) is 0 Å². The summed E-state index contributed by atoms with van der Waals surface area (Å²) in [4.78, 5) is 12.3. The van der Waals surface area contributed by atoms with Gasteiger partial charge in [-0.15, -0.1) is 0 Å². The van der Waals surface area contributed by atoms with Crippen LogP contribution < -0.4 is 5.32 Å². The van der Waals surface area contributed by atoms with Crippen LogP contribution in [0.15, 0.2) is 48.6 Å². The summed E-state index contributed by atoms with van der Waals surface area (Å²) in [5.74, 6) is -0.0781. The number of amides is 1. The van der Waals surface area contributed by atoms with Crippen molar-refractivity contribution < 1.29 is 15.0 Å². The molecule has 0 fully saturated rings. The van der Waals surface area contributed by atoms with E-state index >= 15 is 0 Å². The Morgan fingerprint density at radius 3 is 1.34 bits per heavy atom. The number of aliphatic hydroxyl groups is 2. The van der Waals surface area contributed by atoms with Crippen LogP contribution in [0.5, 0.6) is 0 Å². The Bertz CT molecular complexity index is 756. The van der Waals surface area contributed by atoms with Crippen LogP contribution in [-0.4, -0.2) is 34.9 Å². The van der Waals surface area contributed by atoms with E-state index in [1.54, 1.807) is 6.08 Å². The van der Waals surface area contributed by atoms with Gasteiger partial charge in [-0.05, 0) is 57.8 Å². The Kier molecular flexibility index (Phi) is 37.4. The molecule has 0 aliphatic rings. The topological polar surface area (TPSA) is 69.6 Å². The molecule has 4 heteroatoms. The summed E-state index contributed by atoms with van der Waals surface area (Å²) in [5, 5.41) is 23.0. The standard InChI is InChI=1S/C43H79NO3/c1-3-5-7-9-11-13-15-17-19-21-22-23-25-27-29-31-33-35-37-39-43(47)44-41(40-45)42(46)38-36-34-32-30-28-26-24-20-18-16-14-12-10-8-6-4-2/h11,13,17,19,22-23,36,38,41-42,45-46H,3-10,12,14-16,18,20-21,24-35,37,39-40H2,1-2H3,(H,44,47)/b13-11-,19-17-,23-22-,38-36+. The van der Waals surface area contributed by atoms with Crippen molar-refractivity contribution in [3.63, 3.8) is 0 Å². The van der Waals surface area contributed by atoms with Gasteiger partial charge in [-0.2, -0.15) is 0 Å². The van der Waals surface area contributed by atoms with Crippen LogP contribution in [0.2, 0.25) is 0 Å². The average Bonchev–Trinajstić information content (AvgIpc) is 3.07.